The van der Waals surface area contributed by atoms with Crippen molar-refractivity contribution in [3.8, 4) is 5.88 Å². The highest BCUT2D eigenvalue weighted by molar-refractivity contribution is 5.31. The van der Waals surface area contributed by atoms with Gasteiger partial charge < -0.3 is 15.0 Å². The molecule has 1 aromatic heterocycles. The third-order valence-electron chi connectivity index (χ3n) is 2.88. The molecule has 0 aliphatic heterocycles. The molecule has 0 aliphatic carbocycles. The summed E-state index contributed by atoms with van der Waals surface area (Å²) in [5.74, 6) is -0.148. The normalized spacial score (nSPS) is 11.8. The molecule has 21 heavy (non-hydrogen) atoms. The van der Waals surface area contributed by atoms with Crippen LogP contribution in [0.2, 0.25) is 0 Å². The fraction of sp³-hybridized carbons (Fsp3) is 0.692. The number of hydrogen-bond donors (Lipinski definition) is 1. The summed E-state index contributed by atoms with van der Waals surface area (Å²) >= 11 is 0. The second-order valence-corrected chi connectivity index (χ2v) is 4.32. The molecular formula is C13H21F3N4O. The minimum Gasteiger partial charge on any atom is -0.476 e. The Morgan fingerprint density at radius 1 is 1.19 bits per heavy atom. The molecule has 1 aromatic rings. The molecule has 5 nitrogen and oxygen atoms in total. The maximum Gasteiger partial charge on any atom is 0.433 e. The lowest BCUT2D eigenvalue weighted by atomic mass is 10.4. The molecule has 0 aliphatic rings. The van der Waals surface area contributed by atoms with E-state index in [-0.39, 0.29) is 18.4 Å². The van der Waals surface area contributed by atoms with E-state index < -0.39 is 11.9 Å². The number of anilines is 1. The number of nitrogens with zero attached hydrogens (tertiary/aromatic N) is 3. The van der Waals surface area contributed by atoms with Crippen LogP contribution < -0.4 is 10.1 Å². The van der Waals surface area contributed by atoms with Gasteiger partial charge in [-0.05, 0) is 20.0 Å². The molecule has 0 saturated carbocycles. The fourth-order valence-corrected chi connectivity index (χ4v) is 1.70. The Morgan fingerprint density at radius 3 is 2.38 bits per heavy atom. The molecule has 0 amide bonds. The second kappa shape index (κ2) is 8.02. The van der Waals surface area contributed by atoms with Gasteiger partial charge in [0.25, 0.3) is 0 Å². The van der Waals surface area contributed by atoms with Crippen molar-refractivity contribution in [2.45, 2.75) is 26.9 Å². The average Bonchev–Trinajstić information content (AvgIpc) is 2.43. The van der Waals surface area contributed by atoms with E-state index in [1.165, 1.54) is 0 Å². The maximum absolute atomic E-state index is 12.8. The Balaban J connectivity index is 2.78. The molecule has 1 rings (SSSR count). The third-order valence-corrected chi connectivity index (χ3v) is 2.88. The molecule has 0 unspecified atom stereocenters. The molecule has 0 fully saturated rings. The van der Waals surface area contributed by atoms with Crippen LogP contribution in [-0.2, 0) is 6.18 Å². The van der Waals surface area contributed by atoms with Gasteiger partial charge in [0.05, 0.1) is 0 Å². The number of likely N-dealkylation sites (N-methyl/N-ethyl adjacent to an activating group) is 1. The summed E-state index contributed by atoms with van der Waals surface area (Å²) in [6.07, 6.45) is -4.52. The number of halogens is 3. The highest BCUT2D eigenvalue weighted by Gasteiger charge is 2.34. The van der Waals surface area contributed by atoms with E-state index in [1.807, 2.05) is 13.8 Å². The summed E-state index contributed by atoms with van der Waals surface area (Å²) in [4.78, 5) is 9.46. The van der Waals surface area contributed by atoms with Gasteiger partial charge in [-0.15, -0.1) is 0 Å². The Hall–Kier alpha value is -1.57. The Kier molecular flexibility index (Phi) is 6.67. The fourth-order valence-electron chi connectivity index (χ4n) is 1.70. The summed E-state index contributed by atoms with van der Waals surface area (Å²) in [5, 5.41) is 2.67. The van der Waals surface area contributed by atoms with E-state index in [2.05, 4.69) is 20.2 Å². The van der Waals surface area contributed by atoms with E-state index in [9.17, 15) is 13.2 Å². The minimum absolute atomic E-state index is 0.0690. The van der Waals surface area contributed by atoms with Gasteiger partial charge in [-0.2, -0.15) is 18.2 Å². The van der Waals surface area contributed by atoms with Gasteiger partial charge in [-0.1, -0.05) is 13.8 Å². The smallest absolute Gasteiger partial charge is 0.433 e. The molecule has 1 N–H and O–H groups in total. The van der Waals surface area contributed by atoms with Crippen molar-refractivity contribution in [2.75, 3.05) is 38.1 Å². The molecule has 0 radical (unpaired) electrons. The van der Waals surface area contributed by atoms with E-state index in [1.54, 1.807) is 6.92 Å². The van der Waals surface area contributed by atoms with Crippen LogP contribution in [0.1, 0.15) is 26.5 Å². The molecule has 0 saturated heterocycles. The van der Waals surface area contributed by atoms with Crippen molar-refractivity contribution >= 4 is 5.95 Å². The van der Waals surface area contributed by atoms with Crippen molar-refractivity contribution in [3.05, 3.63) is 11.8 Å². The standard InChI is InChI=1S/C13H21F3N4O/c1-4-17-12-18-10(13(14,15)16)9-11(19-12)21-8-7-20(5-2)6-3/h9H,4-8H2,1-3H3,(H,17,18,19). The predicted molar refractivity (Wildman–Crippen MR) is 74.5 cm³/mol. The molecule has 1 heterocycles. The quantitative estimate of drug-likeness (QED) is 0.800. The first kappa shape index (κ1) is 17.5. The first-order valence-corrected chi connectivity index (χ1v) is 6.96. The van der Waals surface area contributed by atoms with Crippen LogP contribution in [0.15, 0.2) is 6.07 Å². The minimum atomic E-state index is -4.52. The molecule has 0 aromatic carbocycles. The van der Waals surface area contributed by atoms with Crippen LogP contribution in [0, 0.1) is 0 Å². The van der Waals surface area contributed by atoms with Gasteiger partial charge >= 0.3 is 6.18 Å². The van der Waals surface area contributed by atoms with Gasteiger partial charge in [0.2, 0.25) is 11.8 Å². The first-order valence-electron chi connectivity index (χ1n) is 6.96. The van der Waals surface area contributed by atoms with Crippen LogP contribution in [0.4, 0.5) is 19.1 Å². The topological polar surface area (TPSA) is 50.3 Å². The van der Waals surface area contributed by atoms with Gasteiger partial charge in [0.15, 0.2) is 5.69 Å². The zero-order chi connectivity index (χ0) is 15.9. The molecule has 0 atom stereocenters. The summed E-state index contributed by atoms with van der Waals surface area (Å²) in [6.45, 7) is 8.85. The van der Waals surface area contributed by atoms with Gasteiger partial charge in [-0.25, -0.2) is 4.98 Å². The first-order chi connectivity index (χ1) is 9.90. The van der Waals surface area contributed by atoms with E-state index in [0.717, 1.165) is 19.2 Å². The van der Waals surface area contributed by atoms with Crippen LogP contribution in [0.5, 0.6) is 5.88 Å². The third kappa shape index (κ3) is 5.74. The van der Waals surface area contributed by atoms with E-state index in [4.69, 9.17) is 4.74 Å². The van der Waals surface area contributed by atoms with Crippen molar-refractivity contribution < 1.29 is 17.9 Å². The number of alkyl halides is 3. The lowest BCUT2D eigenvalue weighted by Crippen LogP contribution is -2.28. The van der Waals surface area contributed by atoms with E-state index in [0.29, 0.717) is 13.1 Å². The highest BCUT2D eigenvalue weighted by Crippen LogP contribution is 2.30. The average molecular weight is 306 g/mol. The molecule has 8 heteroatoms. The second-order valence-electron chi connectivity index (χ2n) is 4.32. The van der Waals surface area contributed by atoms with Crippen molar-refractivity contribution in [2.24, 2.45) is 0 Å². The molecule has 0 bridgehead atoms. The van der Waals surface area contributed by atoms with Gasteiger partial charge in [-0.3, -0.25) is 0 Å². The number of hydrogen-bond acceptors (Lipinski definition) is 5. The lowest BCUT2D eigenvalue weighted by Gasteiger charge is -2.18. The summed E-state index contributed by atoms with van der Waals surface area (Å²) in [5.41, 5.74) is -1.01. The Morgan fingerprint density at radius 2 is 1.86 bits per heavy atom. The summed E-state index contributed by atoms with van der Waals surface area (Å²) in [6, 6.07) is 0.822. The molecular weight excluding hydrogens is 285 g/mol. The SMILES string of the molecule is CCNc1nc(OCCN(CC)CC)cc(C(F)(F)F)n1. The van der Waals surface area contributed by atoms with Crippen LogP contribution >= 0.6 is 0 Å². The number of nitrogens with one attached hydrogen (secondary N) is 1. The number of rotatable bonds is 8. The Labute approximate surface area is 122 Å². The van der Waals surface area contributed by atoms with Crippen LogP contribution in [-0.4, -0.2) is 47.7 Å². The largest absolute Gasteiger partial charge is 0.476 e. The highest BCUT2D eigenvalue weighted by atomic mass is 19.4. The van der Waals surface area contributed by atoms with Gasteiger partial charge in [0, 0.05) is 19.2 Å². The zero-order valence-electron chi connectivity index (χ0n) is 12.5. The van der Waals surface area contributed by atoms with Crippen molar-refractivity contribution in [1.82, 2.24) is 14.9 Å². The zero-order valence-corrected chi connectivity index (χ0v) is 12.5. The maximum atomic E-state index is 12.8. The summed E-state index contributed by atoms with van der Waals surface area (Å²) < 4.78 is 43.6. The summed E-state index contributed by atoms with van der Waals surface area (Å²) in [7, 11) is 0. The number of aromatic nitrogens is 2. The van der Waals surface area contributed by atoms with Crippen LogP contribution in [0.25, 0.3) is 0 Å². The van der Waals surface area contributed by atoms with Crippen molar-refractivity contribution in [1.29, 1.82) is 0 Å². The van der Waals surface area contributed by atoms with Crippen LogP contribution in [0.3, 0.4) is 0 Å². The van der Waals surface area contributed by atoms with Gasteiger partial charge in [0.1, 0.15) is 6.61 Å². The van der Waals surface area contributed by atoms with E-state index >= 15 is 0 Å². The van der Waals surface area contributed by atoms with Crippen molar-refractivity contribution in [3.63, 3.8) is 0 Å². The molecule has 120 valence electrons. The monoisotopic (exact) mass is 306 g/mol. The number of ether oxygens (including phenoxy) is 1. The predicted octanol–water partition coefficient (Wildman–Crippen LogP) is 2.65. The lowest BCUT2D eigenvalue weighted by molar-refractivity contribution is -0.141. The Bertz CT molecular complexity index is 436. The molecule has 0 spiro atoms.